The maximum atomic E-state index is 13.7. The number of nitrogens with zero attached hydrogens (tertiary/aromatic N) is 2. The van der Waals surface area contributed by atoms with E-state index < -0.39 is 0 Å². The molecule has 2 N–H and O–H groups in total. The molecule has 0 bridgehead atoms. The minimum absolute atomic E-state index is 0. The molecule has 2 rings (SSSR count). The van der Waals surface area contributed by atoms with Crippen LogP contribution in [-0.4, -0.2) is 24.6 Å². The zero-order chi connectivity index (χ0) is 16.7. The number of nitrogens with one attached hydrogen (secondary N) is 2. The van der Waals surface area contributed by atoms with Crippen LogP contribution in [-0.2, 0) is 13.1 Å². The zero-order valence-electron chi connectivity index (χ0n) is 13.9. The van der Waals surface area contributed by atoms with E-state index in [2.05, 4.69) is 20.6 Å². The van der Waals surface area contributed by atoms with Crippen molar-refractivity contribution in [3.05, 3.63) is 45.7 Å². The lowest BCUT2D eigenvalue weighted by atomic mass is 10.2. The molecule has 5 nitrogen and oxygen atoms in total. The number of ether oxygens (including phenoxy) is 1. The van der Waals surface area contributed by atoms with E-state index in [9.17, 15) is 4.39 Å². The summed E-state index contributed by atoms with van der Waals surface area (Å²) in [6.07, 6.45) is 1.85. The Morgan fingerprint density at radius 1 is 1.38 bits per heavy atom. The molecule has 1 aromatic carbocycles. The number of aromatic nitrogens is 1. The van der Waals surface area contributed by atoms with Crippen molar-refractivity contribution < 1.29 is 9.13 Å². The highest BCUT2D eigenvalue weighted by molar-refractivity contribution is 14.0. The average Bonchev–Trinajstić information content (AvgIpc) is 2.95. The predicted molar refractivity (Wildman–Crippen MR) is 107 cm³/mol. The molecule has 0 aliphatic rings. The van der Waals surface area contributed by atoms with Gasteiger partial charge < -0.3 is 15.4 Å². The first-order valence-corrected chi connectivity index (χ1v) is 8.20. The first kappa shape index (κ1) is 20.6. The number of aryl methyl sites for hydroxylation is 1. The second kappa shape index (κ2) is 10.4. The lowest BCUT2D eigenvalue weighted by Gasteiger charge is -2.10. The fourth-order valence-electron chi connectivity index (χ4n) is 1.96. The molecule has 1 aromatic heterocycles. The van der Waals surface area contributed by atoms with Crippen molar-refractivity contribution in [3.8, 4) is 5.75 Å². The van der Waals surface area contributed by atoms with Crippen LogP contribution in [0, 0.1) is 12.7 Å². The normalized spacial score (nSPS) is 10.9. The van der Waals surface area contributed by atoms with E-state index in [1.807, 2.05) is 20.0 Å². The van der Waals surface area contributed by atoms with Crippen LogP contribution in [0.3, 0.4) is 0 Å². The molecule has 2 aromatic rings. The van der Waals surface area contributed by atoms with Gasteiger partial charge >= 0.3 is 0 Å². The molecular weight excluding hydrogens is 442 g/mol. The summed E-state index contributed by atoms with van der Waals surface area (Å²) in [5.74, 6) is 0.537. The van der Waals surface area contributed by atoms with Gasteiger partial charge in [-0.25, -0.2) is 14.4 Å². The minimum Gasteiger partial charge on any atom is -0.494 e. The summed E-state index contributed by atoms with van der Waals surface area (Å²) in [6.45, 7) is 5.77. The molecule has 0 radical (unpaired) electrons. The van der Waals surface area contributed by atoms with E-state index in [0.29, 0.717) is 19.0 Å². The van der Waals surface area contributed by atoms with Crippen molar-refractivity contribution in [2.24, 2.45) is 4.99 Å². The Bertz CT molecular complexity index is 678. The molecule has 0 amide bonds. The van der Waals surface area contributed by atoms with Crippen molar-refractivity contribution in [1.82, 2.24) is 15.6 Å². The van der Waals surface area contributed by atoms with Gasteiger partial charge in [0.05, 0.1) is 20.2 Å². The first-order valence-electron chi connectivity index (χ1n) is 7.38. The smallest absolute Gasteiger partial charge is 0.191 e. The Morgan fingerprint density at radius 2 is 2.17 bits per heavy atom. The molecule has 132 valence electrons. The Kier molecular flexibility index (Phi) is 8.98. The molecule has 0 spiro atoms. The third-order valence-electron chi connectivity index (χ3n) is 3.06. The Morgan fingerprint density at radius 3 is 2.75 bits per heavy atom. The molecule has 0 aliphatic carbocycles. The molecule has 0 saturated carbocycles. The van der Waals surface area contributed by atoms with Gasteiger partial charge in [-0.05, 0) is 31.5 Å². The van der Waals surface area contributed by atoms with Crippen LogP contribution >= 0.6 is 35.3 Å². The number of halogens is 2. The van der Waals surface area contributed by atoms with Crippen molar-refractivity contribution in [2.45, 2.75) is 26.9 Å². The summed E-state index contributed by atoms with van der Waals surface area (Å²) in [5.41, 5.74) is 0.783. The van der Waals surface area contributed by atoms with Gasteiger partial charge in [0.1, 0.15) is 5.01 Å². The van der Waals surface area contributed by atoms with Crippen LogP contribution < -0.4 is 15.4 Å². The SMILES string of the molecule is CCNC(=NCc1ccc(OC)c(F)c1)NCc1ncc(C)s1.I. The van der Waals surface area contributed by atoms with Crippen LogP contribution in [0.5, 0.6) is 5.75 Å². The molecule has 1 heterocycles. The fourth-order valence-corrected chi connectivity index (χ4v) is 2.69. The summed E-state index contributed by atoms with van der Waals surface area (Å²) in [5, 5.41) is 7.39. The highest BCUT2D eigenvalue weighted by Gasteiger charge is 2.04. The number of hydrogen-bond acceptors (Lipinski definition) is 4. The summed E-state index contributed by atoms with van der Waals surface area (Å²) in [4.78, 5) is 9.95. The van der Waals surface area contributed by atoms with Gasteiger partial charge in [0.15, 0.2) is 17.5 Å². The van der Waals surface area contributed by atoms with E-state index in [4.69, 9.17) is 4.74 Å². The number of benzene rings is 1. The van der Waals surface area contributed by atoms with E-state index in [1.54, 1.807) is 23.5 Å². The lowest BCUT2D eigenvalue weighted by molar-refractivity contribution is 0.386. The van der Waals surface area contributed by atoms with Crippen LogP contribution in [0.15, 0.2) is 29.4 Å². The van der Waals surface area contributed by atoms with E-state index in [1.165, 1.54) is 18.1 Å². The number of hydrogen-bond donors (Lipinski definition) is 2. The number of guanidine groups is 1. The van der Waals surface area contributed by atoms with Crippen molar-refractivity contribution in [3.63, 3.8) is 0 Å². The number of methoxy groups -OCH3 is 1. The van der Waals surface area contributed by atoms with E-state index >= 15 is 0 Å². The monoisotopic (exact) mass is 464 g/mol. The standard InChI is InChI=1S/C16H21FN4OS.HI/c1-4-18-16(21-10-15-19-8-11(2)23-15)20-9-12-5-6-14(22-3)13(17)7-12;/h5-8H,4,9-10H2,1-3H3,(H2,18,20,21);1H. The molecule has 0 unspecified atom stereocenters. The summed E-state index contributed by atoms with van der Waals surface area (Å²) >= 11 is 1.65. The second-order valence-electron chi connectivity index (χ2n) is 4.88. The number of rotatable bonds is 6. The third-order valence-corrected chi connectivity index (χ3v) is 3.97. The van der Waals surface area contributed by atoms with Gasteiger partial charge in [-0.3, -0.25) is 0 Å². The van der Waals surface area contributed by atoms with Gasteiger partial charge in [-0.2, -0.15) is 0 Å². The van der Waals surface area contributed by atoms with Crippen molar-refractivity contribution in [2.75, 3.05) is 13.7 Å². The Hall–Kier alpha value is -1.42. The summed E-state index contributed by atoms with van der Waals surface area (Å²) in [7, 11) is 1.45. The molecule has 0 saturated heterocycles. The van der Waals surface area contributed by atoms with Crippen molar-refractivity contribution >= 4 is 41.3 Å². The largest absolute Gasteiger partial charge is 0.494 e. The van der Waals surface area contributed by atoms with Gasteiger partial charge in [0.2, 0.25) is 0 Å². The maximum absolute atomic E-state index is 13.7. The van der Waals surface area contributed by atoms with Gasteiger partial charge in [0.25, 0.3) is 0 Å². The molecule has 24 heavy (non-hydrogen) atoms. The van der Waals surface area contributed by atoms with Gasteiger partial charge in [-0.1, -0.05) is 6.07 Å². The topological polar surface area (TPSA) is 58.5 Å². The number of thiazole rings is 1. The zero-order valence-corrected chi connectivity index (χ0v) is 17.1. The molecule has 0 aliphatic heterocycles. The maximum Gasteiger partial charge on any atom is 0.191 e. The minimum atomic E-state index is -0.378. The predicted octanol–water partition coefficient (Wildman–Crippen LogP) is 3.47. The highest BCUT2D eigenvalue weighted by Crippen LogP contribution is 2.18. The first-order chi connectivity index (χ1) is 11.1. The summed E-state index contributed by atoms with van der Waals surface area (Å²) < 4.78 is 18.6. The molecule has 0 fully saturated rings. The third kappa shape index (κ3) is 6.23. The van der Waals surface area contributed by atoms with Crippen LogP contribution in [0.1, 0.15) is 22.4 Å². The van der Waals surface area contributed by atoms with E-state index in [0.717, 1.165) is 17.1 Å². The Balaban J connectivity index is 0.00000288. The lowest BCUT2D eigenvalue weighted by Crippen LogP contribution is -2.36. The second-order valence-corrected chi connectivity index (χ2v) is 6.20. The molecule has 0 atom stereocenters. The number of aliphatic imine (C=N–C) groups is 1. The summed E-state index contributed by atoms with van der Waals surface area (Å²) in [6, 6.07) is 4.86. The Labute approximate surface area is 162 Å². The average molecular weight is 464 g/mol. The van der Waals surface area contributed by atoms with Gasteiger partial charge in [0, 0.05) is 17.6 Å². The van der Waals surface area contributed by atoms with E-state index in [-0.39, 0.29) is 35.5 Å². The van der Waals surface area contributed by atoms with Crippen molar-refractivity contribution in [1.29, 1.82) is 0 Å². The van der Waals surface area contributed by atoms with Crippen LogP contribution in [0.4, 0.5) is 4.39 Å². The van der Waals surface area contributed by atoms with Gasteiger partial charge in [-0.15, -0.1) is 35.3 Å². The molecular formula is C16H22FIN4OS. The molecule has 8 heteroatoms. The fraction of sp³-hybridized carbons (Fsp3) is 0.375. The highest BCUT2D eigenvalue weighted by atomic mass is 127. The van der Waals surface area contributed by atoms with Crippen LogP contribution in [0.25, 0.3) is 0 Å². The van der Waals surface area contributed by atoms with Crippen LogP contribution in [0.2, 0.25) is 0 Å². The quantitative estimate of drug-likeness (QED) is 0.391.